The highest BCUT2D eigenvalue weighted by Crippen LogP contribution is 2.20. The monoisotopic (exact) mass is 420 g/mol. The van der Waals surface area contributed by atoms with E-state index in [-0.39, 0.29) is 6.04 Å². The van der Waals surface area contributed by atoms with Crippen molar-refractivity contribution in [3.63, 3.8) is 0 Å². The lowest BCUT2D eigenvalue weighted by atomic mass is 10.0. The molecule has 0 bridgehead atoms. The Labute approximate surface area is 183 Å². The van der Waals surface area contributed by atoms with E-state index in [9.17, 15) is 0 Å². The number of nitrogens with one attached hydrogen (secondary N) is 2. The molecule has 0 amide bonds. The van der Waals surface area contributed by atoms with Crippen LogP contribution in [0, 0.1) is 6.92 Å². The van der Waals surface area contributed by atoms with E-state index in [1.165, 1.54) is 43.6 Å². The summed E-state index contributed by atoms with van der Waals surface area (Å²) in [5.41, 5.74) is 3.74. The highest BCUT2D eigenvalue weighted by molar-refractivity contribution is 5.29. The number of rotatable bonds is 6. The van der Waals surface area contributed by atoms with Crippen LogP contribution in [0.4, 0.5) is 0 Å². The summed E-state index contributed by atoms with van der Waals surface area (Å²) in [6, 6.07) is 18.0. The van der Waals surface area contributed by atoms with Crippen LogP contribution in [0.15, 0.2) is 48.5 Å². The van der Waals surface area contributed by atoms with Gasteiger partial charge in [-0.05, 0) is 35.0 Å². The first-order chi connectivity index (χ1) is 15.2. The summed E-state index contributed by atoms with van der Waals surface area (Å²) < 4.78 is 7.27. The van der Waals surface area contributed by atoms with Gasteiger partial charge in [-0.1, -0.05) is 42.0 Å². The van der Waals surface area contributed by atoms with Crippen molar-refractivity contribution in [3.05, 3.63) is 71.0 Å². The minimum absolute atomic E-state index is 0.149. The van der Waals surface area contributed by atoms with Crippen LogP contribution in [-0.4, -0.2) is 59.5 Å². The maximum atomic E-state index is 5.30. The number of tetrazole rings is 1. The molecule has 2 fully saturated rings. The number of aromatic nitrogens is 4. The average Bonchev–Trinajstić information content (AvgIpc) is 3.45. The Bertz CT molecular complexity index is 1000. The van der Waals surface area contributed by atoms with Gasteiger partial charge in [0, 0.05) is 18.4 Å². The van der Waals surface area contributed by atoms with Gasteiger partial charge in [0.1, 0.15) is 31.4 Å². The van der Waals surface area contributed by atoms with Crippen LogP contribution in [0.1, 0.15) is 41.4 Å². The van der Waals surface area contributed by atoms with E-state index < -0.39 is 0 Å². The lowest BCUT2D eigenvalue weighted by molar-refractivity contribution is -1.03. The number of aryl methyl sites for hydroxylation is 1. The van der Waals surface area contributed by atoms with Crippen molar-refractivity contribution in [2.75, 3.05) is 33.3 Å². The molecule has 162 valence electrons. The second-order valence-corrected chi connectivity index (χ2v) is 9.00. The summed E-state index contributed by atoms with van der Waals surface area (Å²) in [7, 11) is 1.69. The smallest absolute Gasteiger partial charge is 0.214 e. The lowest BCUT2D eigenvalue weighted by Gasteiger charge is -2.36. The summed E-state index contributed by atoms with van der Waals surface area (Å²) in [5.74, 6) is 1.82. The second kappa shape index (κ2) is 8.77. The van der Waals surface area contributed by atoms with E-state index in [2.05, 4.69) is 58.8 Å². The van der Waals surface area contributed by atoms with Gasteiger partial charge in [-0.3, -0.25) is 0 Å². The van der Waals surface area contributed by atoms with E-state index in [1.54, 1.807) is 16.9 Å². The average molecular weight is 421 g/mol. The number of benzene rings is 2. The fourth-order valence-corrected chi connectivity index (χ4v) is 5.32. The number of ether oxygens (including phenoxy) is 1. The van der Waals surface area contributed by atoms with Gasteiger partial charge in [0.25, 0.3) is 0 Å². The molecule has 5 rings (SSSR count). The van der Waals surface area contributed by atoms with Gasteiger partial charge < -0.3 is 14.5 Å². The van der Waals surface area contributed by atoms with Gasteiger partial charge in [-0.2, -0.15) is 0 Å². The first kappa shape index (κ1) is 20.2. The molecule has 2 aliphatic rings. The van der Waals surface area contributed by atoms with Crippen molar-refractivity contribution in [1.82, 2.24) is 20.2 Å². The zero-order valence-corrected chi connectivity index (χ0v) is 18.4. The van der Waals surface area contributed by atoms with Crippen molar-refractivity contribution in [1.29, 1.82) is 0 Å². The number of hydrogen-bond donors (Lipinski definition) is 2. The van der Waals surface area contributed by atoms with E-state index >= 15 is 0 Å². The Morgan fingerprint density at radius 3 is 2.65 bits per heavy atom. The molecular weight excluding hydrogens is 388 g/mol. The van der Waals surface area contributed by atoms with Crippen LogP contribution >= 0.6 is 0 Å². The number of quaternary nitrogens is 2. The SMILES string of the molecule is COc1ccc(Cn2nnnc2[C@H](c2ccc(C)cc2)[NH+]2CC[NH+]3CCC[C@@H]3C2)cc1. The quantitative estimate of drug-likeness (QED) is 0.593. The number of fused-ring (bicyclic) bond motifs is 1. The molecule has 2 aromatic carbocycles. The third-order valence-electron chi connectivity index (χ3n) is 7.03. The Kier molecular flexibility index (Phi) is 5.70. The molecular formula is C24H32N6O+2. The fraction of sp³-hybridized carbons (Fsp3) is 0.458. The Hall–Kier alpha value is -2.77. The number of hydrogen-bond acceptors (Lipinski definition) is 4. The van der Waals surface area contributed by atoms with E-state index in [0.29, 0.717) is 6.54 Å². The van der Waals surface area contributed by atoms with Crippen LogP contribution in [0.5, 0.6) is 5.75 Å². The maximum Gasteiger partial charge on any atom is 0.214 e. The summed E-state index contributed by atoms with van der Waals surface area (Å²) in [6.07, 6.45) is 2.70. The van der Waals surface area contributed by atoms with Crippen molar-refractivity contribution in [2.45, 2.75) is 38.4 Å². The zero-order chi connectivity index (χ0) is 21.2. The molecule has 3 aromatic rings. The van der Waals surface area contributed by atoms with E-state index in [1.807, 2.05) is 16.8 Å². The Balaban J connectivity index is 1.46. The summed E-state index contributed by atoms with van der Waals surface area (Å²) in [4.78, 5) is 3.38. The van der Waals surface area contributed by atoms with Crippen molar-refractivity contribution >= 4 is 0 Å². The molecule has 2 saturated heterocycles. The molecule has 4 atom stereocenters. The molecule has 0 saturated carbocycles. The maximum absolute atomic E-state index is 5.30. The molecule has 31 heavy (non-hydrogen) atoms. The van der Waals surface area contributed by atoms with Gasteiger partial charge in [-0.25, -0.2) is 4.68 Å². The number of piperazine rings is 1. The normalized spacial score (nSPS) is 24.0. The predicted molar refractivity (Wildman–Crippen MR) is 117 cm³/mol. The Morgan fingerprint density at radius 1 is 1.06 bits per heavy atom. The molecule has 2 aliphatic heterocycles. The second-order valence-electron chi connectivity index (χ2n) is 9.00. The number of nitrogens with zero attached hydrogens (tertiary/aromatic N) is 4. The van der Waals surface area contributed by atoms with Crippen LogP contribution in [-0.2, 0) is 6.54 Å². The summed E-state index contributed by atoms with van der Waals surface area (Å²) >= 11 is 0. The summed E-state index contributed by atoms with van der Waals surface area (Å²) in [5, 5.41) is 13.0. The van der Waals surface area contributed by atoms with Crippen LogP contribution in [0.25, 0.3) is 0 Å². The molecule has 0 aliphatic carbocycles. The van der Waals surface area contributed by atoms with Crippen LogP contribution in [0.2, 0.25) is 0 Å². The third kappa shape index (κ3) is 4.20. The summed E-state index contributed by atoms with van der Waals surface area (Å²) in [6.45, 7) is 7.70. The molecule has 0 spiro atoms. The molecule has 3 heterocycles. The van der Waals surface area contributed by atoms with Gasteiger partial charge in [0.2, 0.25) is 5.82 Å². The predicted octanol–water partition coefficient (Wildman–Crippen LogP) is 0.0736. The largest absolute Gasteiger partial charge is 0.497 e. The highest BCUT2D eigenvalue weighted by Gasteiger charge is 2.42. The minimum atomic E-state index is 0.149. The molecule has 7 heteroatoms. The van der Waals surface area contributed by atoms with Crippen molar-refractivity contribution in [2.24, 2.45) is 0 Å². The topological polar surface area (TPSA) is 61.7 Å². The Morgan fingerprint density at radius 2 is 1.87 bits per heavy atom. The van der Waals surface area contributed by atoms with Gasteiger partial charge in [0.05, 0.1) is 20.2 Å². The first-order valence-electron chi connectivity index (χ1n) is 11.4. The number of methoxy groups -OCH3 is 1. The fourth-order valence-electron chi connectivity index (χ4n) is 5.32. The van der Waals surface area contributed by atoms with E-state index in [0.717, 1.165) is 29.7 Å². The van der Waals surface area contributed by atoms with Crippen LogP contribution < -0.4 is 14.5 Å². The van der Waals surface area contributed by atoms with Crippen molar-refractivity contribution < 1.29 is 14.5 Å². The highest BCUT2D eigenvalue weighted by atomic mass is 16.5. The molecule has 1 aromatic heterocycles. The van der Waals surface area contributed by atoms with E-state index in [4.69, 9.17) is 4.74 Å². The standard InChI is InChI=1S/C24H30N6O/c1-18-5-9-20(10-6-18)23(29-15-14-28-13-3-4-21(28)17-29)24-25-26-27-30(24)16-19-7-11-22(31-2)12-8-19/h5-12,21,23H,3-4,13-17H2,1-2H3/p+2/t21-,23+/m1/s1. The molecule has 7 nitrogen and oxygen atoms in total. The molecule has 2 N–H and O–H groups in total. The van der Waals surface area contributed by atoms with Crippen LogP contribution in [0.3, 0.4) is 0 Å². The lowest BCUT2D eigenvalue weighted by Crippen LogP contribution is -3.29. The zero-order valence-electron chi connectivity index (χ0n) is 18.4. The minimum Gasteiger partial charge on any atom is -0.497 e. The van der Waals surface area contributed by atoms with Gasteiger partial charge in [0.15, 0.2) is 6.04 Å². The van der Waals surface area contributed by atoms with Gasteiger partial charge in [-0.15, -0.1) is 5.10 Å². The first-order valence-corrected chi connectivity index (χ1v) is 11.4. The molecule has 0 radical (unpaired) electrons. The third-order valence-corrected chi connectivity index (χ3v) is 7.03. The van der Waals surface area contributed by atoms with Crippen molar-refractivity contribution in [3.8, 4) is 5.75 Å². The van der Waals surface area contributed by atoms with Gasteiger partial charge >= 0.3 is 0 Å². The molecule has 2 unspecified atom stereocenters.